The van der Waals surface area contributed by atoms with Crippen LogP contribution in [-0.4, -0.2) is 74.9 Å². The normalized spacial score (nSPS) is 22.3. The number of nitrogens with two attached hydrogens (primary N) is 1. The Morgan fingerprint density at radius 2 is 2.11 bits per heavy atom. The van der Waals surface area contributed by atoms with Crippen molar-refractivity contribution in [2.24, 2.45) is 5.73 Å². The molecule has 0 aromatic rings. The number of sulfone groups is 1. The topological polar surface area (TPSA) is 83.7 Å². The lowest BCUT2D eigenvalue weighted by atomic mass is 10.2. The smallest absolute Gasteiger partial charge is 0.237 e. The fourth-order valence-corrected chi connectivity index (χ4v) is 4.01. The molecule has 7 heteroatoms. The molecule has 1 aliphatic rings. The van der Waals surface area contributed by atoms with Crippen molar-refractivity contribution in [2.45, 2.75) is 19.4 Å². The molecular formula is C11H23N3O3S. The van der Waals surface area contributed by atoms with E-state index in [9.17, 15) is 13.2 Å². The summed E-state index contributed by atoms with van der Waals surface area (Å²) in [4.78, 5) is 15.6. The van der Waals surface area contributed by atoms with E-state index in [2.05, 4.69) is 0 Å². The lowest BCUT2D eigenvalue weighted by molar-refractivity contribution is -0.133. The number of amides is 1. The number of likely N-dealkylation sites (N-methyl/N-ethyl adjacent to an activating group) is 2. The number of carbonyl (C=O) groups is 1. The standard InChI is InChI=1S/C11H23N3O3S/c1-3-14(10-4-7-18(16,17)9-10)11(15)8-13(2)6-5-12/h10H,3-9,12H2,1-2H3. The average Bonchev–Trinajstić information content (AvgIpc) is 2.60. The van der Waals surface area contributed by atoms with Gasteiger partial charge in [-0.05, 0) is 20.4 Å². The van der Waals surface area contributed by atoms with Crippen molar-refractivity contribution in [3.05, 3.63) is 0 Å². The number of hydrogen-bond donors (Lipinski definition) is 1. The molecule has 0 aliphatic carbocycles. The summed E-state index contributed by atoms with van der Waals surface area (Å²) in [6.45, 7) is 3.89. The molecule has 0 aromatic carbocycles. The van der Waals surface area contributed by atoms with E-state index in [1.165, 1.54) is 0 Å². The van der Waals surface area contributed by atoms with E-state index >= 15 is 0 Å². The SMILES string of the molecule is CCN(C(=O)CN(C)CCN)C1CCS(=O)(=O)C1. The molecule has 1 amide bonds. The fourth-order valence-electron chi connectivity index (χ4n) is 2.28. The van der Waals surface area contributed by atoms with Crippen LogP contribution in [0.5, 0.6) is 0 Å². The van der Waals surface area contributed by atoms with Gasteiger partial charge < -0.3 is 10.6 Å². The molecule has 6 nitrogen and oxygen atoms in total. The third kappa shape index (κ3) is 4.22. The summed E-state index contributed by atoms with van der Waals surface area (Å²) in [6, 6.07) is -0.154. The van der Waals surface area contributed by atoms with Crippen LogP contribution in [0.2, 0.25) is 0 Å². The van der Waals surface area contributed by atoms with Gasteiger partial charge in [0.05, 0.1) is 18.1 Å². The first kappa shape index (κ1) is 15.4. The molecule has 1 heterocycles. The van der Waals surface area contributed by atoms with E-state index in [1.54, 1.807) is 4.90 Å². The largest absolute Gasteiger partial charge is 0.338 e. The third-order valence-electron chi connectivity index (χ3n) is 3.23. The molecule has 0 bridgehead atoms. The van der Waals surface area contributed by atoms with Crippen molar-refractivity contribution in [1.29, 1.82) is 0 Å². The molecule has 1 saturated heterocycles. The van der Waals surface area contributed by atoms with Crippen LogP contribution < -0.4 is 5.73 Å². The van der Waals surface area contributed by atoms with E-state index in [1.807, 2.05) is 18.9 Å². The predicted molar refractivity (Wildman–Crippen MR) is 71.0 cm³/mol. The quantitative estimate of drug-likeness (QED) is 0.667. The highest BCUT2D eigenvalue weighted by Gasteiger charge is 2.33. The Balaban J connectivity index is 2.58. The summed E-state index contributed by atoms with van der Waals surface area (Å²) in [5.41, 5.74) is 5.43. The minimum absolute atomic E-state index is 0.0180. The molecular weight excluding hydrogens is 254 g/mol. The lowest BCUT2D eigenvalue weighted by Crippen LogP contribution is -2.46. The second-order valence-corrected chi connectivity index (χ2v) is 6.99. The first-order valence-electron chi connectivity index (χ1n) is 6.28. The Kier molecular flexibility index (Phi) is 5.55. The Labute approximate surface area is 109 Å². The zero-order chi connectivity index (χ0) is 13.8. The molecule has 18 heavy (non-hydrogen) atoms. The van der Waals surface area contributed by atoms with E-state index in [0.717, 1.165) is 0 Å². The molecule has 1 aliphatic heterocycles. The second-order valence-electron chi connectivity index (χ2n) is 4.76. The highest BCUT2D eigenvalue weighted by Crippen LogP contribution is 2.17. The summed E-state index contributed by atoms with van der Waals surface area (Å²) >= 11 is 0. The number of rotatable bonds is 6. The molecule has 106 valence electrons. The highest BCUT2D eigenvalue weighted by atomic mass is 32.2. The van der Waals surface area contributed by atoms with Crippen molar-refractivity contribution in [2.75, 3.05) is 44.7 Å². The first-order valence-corrected chi connectivity index (χ1v) is 8.10. The molecule has 0 saturated carbocycles. The van der Waals surface area contributed by atoms with Crippen molar-refractivity contribution < 1.29 is 13.2 Å². The minimum atomic E-state index is -2.95. The van der Waals surface area contributed by atoms with Gasteiger partial charge in [0.25, 0.3) is 0 Å². The predicted octanol–water partition coefficient (Wildman–Crippen LogP) is -1.09. The number of hydrogen-bond acceptors (Lipinski definition) is 5. The van der Waals surface area contributed by atoms with Crippen LogP contribution in [0.15, 0.2) is 0 Å². The fraction of sp³-hybridized carbons (Fsp3) is 0.909. The number of nitrogens with zero attached hydrogens (tertiary/aromatic N) is 2. The Bertz CT molecular complexity index is 383. The van der Waals surface area contributed by atoms with Crippen molar-refractivity contribution >= 4 is 15.7 Å². The zero-order valence-corrected chi connectivity index (χ0v) is 11.9. The molecule has 1 rings (SSSR count). The Hall–Kier alpha value is -0.660. The first-order chi connectivity index (χ1) is 8.39. The van der Waals surface area contributed by atoms with Crippen LogP contribution in [0.4, 0.5) is 0 Å². The highest BCUT2D eigenvalue weighted by molar-refractivity contribution is 7.91. The summed E-state index contributed by atoms with van der Waals surface area (Å²) in [7, 11) is -1.11. The molecule has 0 aromatic heterocycles. The molecule has 2 N–H and O–H groups in total. The third-order valence-corrected chi connectivity index (χ3v) is 4.98. The Morgan fingerprint density at radius 3 is 2.56 bits per heavy atom. The van der Waals surface area contributed by atoms with Gasteiger partial charge in [-0.2, -0.15) is 0 Å². The van der Waals surface area contributed by atoms with Gasteiger partial charge in [-0.3, -0.25) is 9.69 Å². The van der Waals surface area contributed by atoms with E-state index in [4.69, 9.17) is 5.73 Å². The van der Waals surface area contributed by atoms with Crippen LogP contribution in [0, 0.1) is 0 Å². The van der Waals surface area contributed by atoms with Gasteiger partial charge in [0.1, 0.15) is 0 Å². The maximum atomic E-state index is 12.1. The van der Waals surface area contributed by atoms with Gasteiger partial charge in [0, 0.05) is 25.7 Å². The molecule has 1 fully saturated rings. The van der Waals surface area contributed by atoms with Gasteiger partial charge in [0.2, 0.25) is 5.91 Å². The van der Waals surface area contributed by atoms with Gasteiger partial charge in [-0.1, -0.05) is 0 Å². The average molecular weight is 277 g/mol. The molecule has 0 spiro atoms. The van der Waals surface area contributed by atoms with E-state index < -0.39 is 9.84 Å². The summed E-state index contributed by atoms with van der Waals surface area (Å²) < 4.78 is 22.9. The minimum Gasteiger partial charge on any atom is -0.338 e. The maximum absolute atomic E-state index is 12.1. The van der Waals surface area contributed by atoms with Crippen LogP contribution in [-0.2, 0) is 14.6 Å². The van der Waals surface area contributed by atoms with Crippen molar-refractivity contribution in [1.82, 2.24) is 9.80 Å². The van der Waals surface area contributed by atoms with Gasteiger partial charge >= 0.3 is 0 Å². The van der Waals surface area contributed by atoms with E-state index in [0.29, 0.717) is 32.6 Å². The van der Waals surface area contributed by atoms with Crippen LogP contribution >= 0.6 is 0 Å². The molecule has 1 atom stereocenters. The molecule has 1 unspecified atom stereocenters. The van der Waals surface area contributed by atoms with Crippen LogP contribution in [0.1, 0.15) is 13.3 Å². The van der Waals surface area contributed by atoms with Gasteiger partial charge in [-0.25, -0.2) is 8.42 Å². The second kappa shape index (κ2) is 6.49. The monoisotopic (exact) mass is 277 g/mol. The summed E-state index contributed by atoms with van der Waals surface area (Å²) in [5.74, 6) is 0.281. The number of carbonyl (C=O) groups excluding carboxylic acids is 1. The lowest BCUT2D eigenvalue weighted by Gasteiger charge is -2.28. The summed E-state index contributed by atoms with van der Waals surface area (Å²) in [5, 5.41) is 0. The van der Waals surface area contributed by atoms with Gasteiger partial charge in [0.15, 0.2) is 9.84 Å². The Morgan fingerprint density at radius 1 is 1.44 bits per heavy atom. The van der Waals surface area contributed by atoms with Gasteiger partial charge in [-0.15, -0.1) is 0 Å². The zero-order valence-electron chi connectivity index (χ0n) is 11.1. The van der Waals surface area contributed by atoms with Crippen LogP contribution in [0.25, 0.3) is 0 Å². The maximum Gasteiger partial charge on any atom is 0.237 e. The van der Waals surface area contributed by atoms with Crippen LogP contribution in [0.3, 0.4) is 0 Å². The van der Waals surface area contributed by atoms with E-state index in [-0.39, 0.29) is 23.5 Å². The van der Waals surface area contributed by atoms with Crippen molar-refractivity contribution in [3.63, 3.8) is 0 Å². The molecule has 0 radical (unpaired) electrons. The van der Waals surface area contributed by atoms with Crippen molar-refractivity contribution in [3.8, 4) is 0 Å². The summed E-state index contributed by atoms with van der Waals surface area (Å²) in [6.07, 6.45) is 0.558.